The van der Waals surface area contributed by atoms with Gasteiger partial charge in [0.2, 0.25) is 5.75 Å². The second kappa shape index (κ2) is 6.79. The van der Waals surface area contributed by atoms with Crippen molar-refractivity contribution in [1.82, 2.24) is 0 Å². The van der Waals surface area contributed by atoms with Crippen LogP contribution in [0.3, 0.4) is 0 Å². The van der Waals surface area contributed by atoms with E-state index in [1.54, 1.807) is 0 Å². The van der Waals surface area contributed by atoms with Crippen LogP contribution in [0.2, 0.25) is 0 Å². The lowest BCUT2D eigenvalue weighted by Gasteiger charge is -2.09. The van der Waals surface area contributed by atoms with Gasteiger partial charge < -0.3 is 14.9 Å². The molecule has 0 fully saturated rings. The molecule has 2 rings (SSSR count). The molecule has 2 N–H and O–H groups in total. The van der Waals surface area contributed by atoms with E-state index in [0.29, 0.717) is 0 Å². The maximum absolute atomic E-state index is 11.5. The second-order valence-corrected chi connectivity index (χ2v) is 4.95. The Labute approximate surface area is 140 Å². The summed E-state index contributed by atoms with van der Waals surface area (Å²) in [5.41, 5.74) is -1.08. The van der Waals surface area contributed by atoms with Crippen LogP contribution in [0.4, 0.5) is 5.69 Å². The lowest BCUT2D eigenvalue weighted by Crippen LogP contribution is -2.03. The van der Waals surface area contributed by atoms with Crippen molar-refractivity contribution < 1.29 is 34.3 Å². The van der Waals surface area contributed by atoms with Crippen LogP contribution in [-0.4, -0.2) is 32.9 Å². The molecule has 0 aliphatic rings. The summed E-state index contributed by atoms with van der Waals surface area (Å²) >= 11 is 0. The van der Waals surface area contributed by atoms with E-state index in [-0.39, 0.29) is 28.2 Å². The minimum absolute atomic E-state index is 0.0553. The molecule has 0 aromatic heterocycles. The van der Waals surface area contributed by atoms with Crippen molar-refractivity contribution >= 4 is 23.4 Å². The van der Waals surface area contributed by atoms with Crippen molar-refractivity contribution in [3.05, 3.63) is 63.2 Å². The number of benzene rings is 2. The van der Waals surface area contributed by atoms with Crippen molar-refractivity contribution in [2.24, 2.45) is 0 Å². The third-order valence-electron chi connectivity index (χ3n) is 3.19. The molecule has 0 heterocycles. The minimum atomic E-state index is -1.35. The van der Waals surface area contributed by atoms with E-state index >= 15 is 0 Å². The smallest absolute Gasteiger partial charge is 0.335 e. The third-order valence-corrected chi connectivity index (χ3v) is 3.19. The number of ketones is 1. The molecular formula is C16H11NO8. The zero-order valence-corrected chi connectivity index (χ0v) is 12.8. The number of nitro groups is 1. The van der Waals surface area contributed by atoms with E-state index in [2.05, 4.69) is 0 Å². The maximum atomic E-state index is 11.5. The van der Waals surface area contributed by atoms with Gasteiger partial charge in [-0.05, 0) is 37.3 Å². The van der Waals surface area contributed by atoms with Gasteiger partial charge in [0.05, 0.1) is 16.1 Å². The molecule has 0 amide bonds. The van der Waals surface area contributed by atoms with Gasteiger partial charge in [0.1, 0.15) is 5.75 Å². The van der Waals surface area contributed by atoms with Crippen LogP contribution >= 0.6 is 0 Å². The fraction of sp³-hybridized carbons (Fsp3) is 0.0625. The Morgan fingerprint density at radius 1 is 0.960 bits per heavy atom. The number of ether oxygens (including phenoxy) is 1. The largest absolute Gasteiger partial charge is 0.478 e. The third kappa shape index (κ3) is 3.96. The number of Topliss-reactive ketones (excluding diaryl/α,β-unsaturated/α-hetero) is 1. The second-order valence-electron chi connectivity index (χ2n) is 4.95. The van der Waals surface area contributed by atoms with Crippen molar-refractivity contribution in [1.29, 1.82) is 0 Å². The Hall–Kier alpha value is -3.75. The molecule has 2 aromatic rings. The number of hydrogen-bond acceptors (Lipinski definition) is 6. The van der Waals surface area contributed by atoms with E-state index in [9.17, 15) is 24.5 Å². The Morgan fingerprint density at radius 2 is 1.56 bits per heavy atom. The van der Waals surface area contributed by atoms with Gasteiger partial charge in [-0.1, -0.05) is 0 Å². The van der Waals surface area contributed by atoms with Gasteiger partial charge in [-0.15, -0.1) is 0 Å². The molecule has 0 bridgehead atoms. The lowest BCUT2D eigenvalue weighted by molar-refractivity contribution is -0.385. The van der Waals surface area contributed by atoms with Crippen molar-refractivity contribution in [3.63, 3.8) is 0 Å². The van der Waals surface area contributed by atoms with E-state index < -0.39 is 28.3 Å². The Balaban J connectivity index is 2.52. The van der Waals surface area contributed by atoms with Gasteiger partial charge in [-0.25, -0.2) is 9.59 Å². The van der Waals surface area contributed by atoms with E-state index in [1.165, 1.54) is 13.0 Å². The lowest BCUT2D eigenvalue weighted by atomic mass is 10.1. The van der Waals surface area contributed by atoms with Crippen molar-refractivity contribution in [2.75, 3.05) is 0 Å². The molecule has 128 valence electrons. The highest BCUT2D eigenvalue weighted by Crippen LogP contribution is 2.33. The minimum Gasteiger partial charge on any atom is -0.478 e. The summed E-state index contributed by atoms with van der Waals surface area (Å²) in [6, 6.07) is 6.51. The predicted molar refractivity (Wildman–Crippen MR) is 83.5 cm³/mol. The van der Waals surface area contributed by atoms with Crippen LogP contribution in [0, 0.1) is 10.1 Å². The number of nitro benzene ring substituents is 1. The molecule has 0 aliphatic heterocycles. The molecule has 25 heavy (non-hydrogen) atoms. The normalized spacial score (nSPS) is 10.1. The first-order valence-electron chi connectivity index (χ1n) is 6.78. The van der Waals surface area contributed by atoms with Gasteiger partial charge in [0.15, 0.2) is 5.78 Å². The number of carbonyl (C=O) groups is 3. The van der Waals surface area contributed by atoms with Gasteiger partial charge in [-0.2, -0.15) is 0 Å². The summed E-state index contributed by atoms with van der Waals surface area (Å²) in [6.45, 7) is 1.23. The summed E-state index contributed by atoms with van der Waals surface area (Å²) in [4.78, 5) is 43.8. The highest BCUT2D eigenvalue weighted by molar-refractivity contribution is 5.98. The number of carboxylic acid groups (broad SMARTS) is 2. The fourth-order valence-electron chi connectivity index (χ4n) is 1.99. The highest BCUT2D eigenvalue weighted by Gasteiger charge is 2.20. The Bertz CT molecular complexity index is 871. The standard InChI is InChI=1S/C16H11NO8/c1-8(18)10-4-11(16(21)22)6-12(5-10)25-14-3-2-9(15(19)20)7-13(14)17(23)24/h2-7H,1H3,(H,19,20)(H,21,22). The molecule has 0 atom stereocenters. The SMILES string of the molecule is CC(=O)c1cc(Oc2ccc(C(=O)O)cc2[N+](=O)[O-])cc(C(=O)O)c1. The molecule has 0 aliphatic carbocycles. The zero-order chi connectivity index (χ0) is 18.7. The van der Waals surface area contributed by atoms with Crippen LogP contribution in [0.5, 0.6) is 11.5 Å². The first kappa shape index (κ1) is 17.6. The van der Waals surface area contributed by atoms with Crippen LogP contribution in [0.25, 0.3) is 0 Å². The Kier molecular flexibility index (Phi) is 4.78. The average Bonchev–Trinajstić information content (AvgIpc) is 2.54. The summed E-state index contributed by atoms with van der Waals surface area (Å²) in [7, 11) is 0. The van der Waals surface area contributed by atoms with Crippen molar-refractivity contribution in [2.45, 2.75) is 6.92 Å². The monoisotopic (exact) mass is 345 g/mol. The Morgan fingerprint density at radius 3 is 2.08 bits per heavy atom. The van der Waals surface area contributed by atoms with Gasteiger partial charge in [0, 0.05) is 11.6 Å². The quantitative estimate of drug-likeness (QED) is 0.462. The molecule has 0 saturated carbocycles. The summed E-state index contributed by atoms with van der Waals surface area (Å²) < 4.78 is 5.34. The number of carboxylic acids is 2. The fourth-order valence-corrected chi connectivity index (χ4v) is 1.99. The molecule has 9 nitrogen and oxygen atoms in total. The number of aromatic carboxylic acids is 2. The first-order valence-corrected chi connectivity index (χ1v) is 6.78. The number of carbonyl (C=O) groups excluding carboxylic acids is 1. The van der Waals surface area contributed by atoms with Crippen LogP contribution < -0.4 is 4.74 Å². The van der Waals surface area contributed by atoms with Crippen LogP contribution in [0.1, 0.15) is 38.0 Å². The first-order chi connectivity index (χ1) is 11.7. The molecule has 9 heteroatoms. The molecule has 0 spiro atoms. The molecule has 0 unspecified atom stereocenters. The van der Waals surface area contributed by atoms with Crippen LogP contribution in [0.15, 0.2) is 36.4 Å². The number of rotatable bonds is 6. The maximum Gasteiger partial charge on any atom is 0.335 e. The number of hydrogen-bond donors (Lipinski definition) is 2. The summed E-state index contributed by atoms with van der Waals surface area (Å²) in [5, 5.41) is 29.1. The van der Waals surface area contributed by atoms with Crippen molar-refractivity contribution in [3.8, 4) is 11.5 Å². The average molecular weight is 345 g/mol. The van der Waals surface area contributed by atoms with Gasteiger partial charge in [0.25, 0.3) is 0 Å². The van der Waals surface area contributed by atoms with Gasteiger partial charge >= 0.3 is 17.6 Å². The van der Waals surface area contributed by atoms with Crippen LogP contribution in [-0.2, 0) is 0 Å². The predicted octanol–water partition coefficient (Wildman–Crippen LogP) is 2.99. The summed E-state index contributed by atoms with van der Waals surface area (Å²) in [5.74, 6) is -3.45. The molecular weight excluding hydrogens is 334 g/mol. The van der Waals surface area contributed by atoms with E-state index in [1.807, 2.05) is 0 Å². The molecule has 2 aromatic carbocycles. The topological polar surface area (TPSA) is 144 Å². The van der Waals surface area contributed by atoms with E-state index in [4.69, 9.17) is 14.9 Å². The molecule has 0 radical (unpaired) electrons. The highest BCUT2D eigenvalue weighted by atomic mass is 16.6. The van der Waals surface area contributed by atoms with Gasteiger partial charge in [-0.3, -0.25) is 14.9 Å². The molecule has 0 saturated heterocycles. The summed E-state index contributed by atoms with van der Waals surface area (Å²) in [6.07, 6.45) is 0. The van der Waals surface area contributed by atoms with E-state index in [0.717, 1.165) is 30.3 Å². The zero-order valence-electron chi connectivity index (χ0n) is 12.8. The number of nitrogens with zero attached hydrogens (tertiary/aromatic N) is 1.